The van der Waals surface area contributed by atoms with E-state index in [2.05, 4.69) is 29.0 Å². The van der Waals surface area contributed by atoms with Crippen molar-refractivity contribution in [1.82, 2.24) is 24.9 Å². The van der Waals surface area contributed by atoms with Crippen molar-refractivity contribution in [3.8, 4) is 0 Å². The Morgan fingerprint density at radius 2 is 2.18 bits per heavy atom. The van der Waals surface area contributed by atoms with Crippen molar-refractivity contribution in [3.63, 3.8) is 0 Å². The number of rotatable bonds is 5. The summed E-state index contributed by atoms with van der Waals surface area (Å²) in [6, 6.07) is 0. The third kappa shape index (κ3) is 2.62. The van der Waals surface area contributed by atoms with Gasteiger partial charge in [-0.25, -0.2) is 4.68 Å². The molecule has 2 aromatic heterocycles. The van der Waals surface area contributed by atoms with Gasteiger partial charge in [-0.3, -0.25) is 4.68 Å². The summed E-state index contributed by atoms with van der Waals surface area (Å²) in [5.41, 5.74) is 3.56. The summed E-state index contributed by atoms with van der Waals surface area (Å²) in [6.07, 6.45) is 7.37. The van der Waals surface area contributed by atoms with Crippen LogP contribution in [-0.4, -0.2) is 19.6 Å². The Labute approximate surface area is 101 Å². The van der Waals surface area contributed by atoms with E-state index in [4.69, 9.17) is 0 Å². The molecule has 0 radical (unpaired) electrons. The van der Waals surface area contributed by atoms with E-state index in [-0.39, 0.29) is 0 Å². The molecule has 0 atom stereocenters. The van der Waals surface area contributed by atoms with Crippen LogP contribution >= 0.6 is 0 Å². The summed E-state index contributed by atoms with van der Waals surface area (Å²) in [4.78, 5) is 0. The van der Waals surface area contributed by atoms with Gasteiger partial charge in [-0.1, -0.05) is 6.58 Å². The summed E-state index contributed by atoms with van der Waals surface area (Å²) in [7, 11) is 1.95. The molecule has 0 aliphatic heterocycles. The van der Waals surface area contributed by atoms with E-state index >= 15 is 0 Å². The predicted molar refractivity (Wildman–Crippen MR) is 67.1 cm³/mol. The average molecular weight is 231 g/mol. The van der Waals surface area contributed by atoms with E-state index < -0.39 is 0 Å². The normalized spacial score (nSPS) is 10.7. The zero-order chi connectivity index (χ0) is 12.3. The SMILES string of the molecule is C=Cn1cc(CNCc2cnn(C)c2C)cn1. The third-order valence-corrected chi connectivity index (χ3v) is 2.82. The van der Waals surface area contributed by atoms with E-state index in [0.717, 1.165) is 18.7 Å². The first kappa shape index (κ1) is 11.6. The number of aryl methyl sites for hydroxylation is 1. The van der Waals surface area contributed by atoms with E-state index in [1.54, 1.807) is 10.9 Å². The molecule has 0 aliphatic rings. The van der Waals surface area contributed by atoms with Crippen molar-refractivity contribution in [3.05, 3.63) is 42.0 Å². The van der Waals surface area contributed by atoms with Crippen LogP contribution in [-0.2, 0) is 20.1 Å². The van der Waals surface area contributed by atoms with E-state index in [1.807, 2.05) is 30.3 Å². The Balaban J connectivity index is 1.87. The van der Waals surface area contributed by atoms with Crippen LogP contribution in [0.25, 0.3) is 6.20 Å². The first-order valence-electron chi connectivity index (χ1n) is 5.54. The van der Waals surface area contributed by atoms with Crippen LogP contribution in [0.3, 0.4) is 0 Å². The van der Waals surface area contributed by atoms with Gasteiger partial charge in [-0.2, -0.15) is 10.2 Å². The predicted octanol–water partition coefficient (Wildman–Crippen LogP) is 1.32. The van der Waals surface area contributed by atoms with Gasteiger partial charge in [0.25, 0.3) is 0 Å². The fourth-order valence-corrected chi connectivity index (χ4v) is 1.63. The molecule has 5 heteroatoms. The minimum absolute atomic E-state index is 0.794. The van der Waals surface area contributed by atoms with Crippen molar-refractivity contribution >= 4 is 6.20 Å². The third-order valence-electron chi connectivity index (χ3n) is 2.82. The van der Waals surface area contributed by atoms with Crippen LogP contribution in [0.4, 0.5) is 0 Å². The molecule has 0 saturated heterocycles. The lowest BCUT2D eigenvalue weighted by Gasteiger charge is -2.02. The number of nitrogens with zero attached hydrogens (tertiary/aromatic N) is 4. The minimum Gasteiger partial charge on any atom is -0.308 e. The maximum Gasteiger partial charge on any atom is 0.0538 e. The lowest BCUT2D eigenvalue weighted by Crippen LogP contribution is -2.12. The number of hydrogen-bond acceptors (Lipinski definition) is 3. The van der Waals surface area contributed by atoms with Gasteiger partial charge in [0.2, 0.25) is 0 Å². The fraction of sp³-hybridized carbons (Fsp3) is 0.333. The smallest absolute Gasteiger partial charge is 0.0538 e. The van der Waals surface area contributed by atoms with Gasteiger partial charge in [0.15, 0.2) is 0 Å². The monoisotopic (exact) mass is 231 g/mol. The van der Waals surface area contributed by atoms with Gasteiger partial charge in [0, 0.05) is 49.4 Å². The molecule has 0 fully saturated rings. The zero-order valence-electron chi connectivity index (χ0n) is 10.2. The van der Waals surface area contributed by atoms with E-state index in [1.165, 1.54) is 11.3 Å². The van der Waals surface area contributed by atoms with Crippen LogP contribution in [0.2, 0.25) is 0 Å². The van der Waals surface area contributed by atoms with Crippen molar-refractivity contribution in [2.24, 2.45) is 7.05 Å². The van der Waals surface area contributed by atoms with Crippen molar-refractivity contribution < 1.29 is 0 Å². The highest BCUT2D eigenvalue weighted by molar-refractivity contribution is 5.18. The van der Waals surface area contributed by atoms with Crippen LogP contribution < -0.4 is 5.32 Å². The highest BCUT2D eigenvalue weighted by atomic mass is 15.3. The molecule has 0 unspecified atom stereocenters. The molecule has 0 bridgehead atoms. The number of hydrogen-bond donors (Lipinski definition) is 1. The van der Waals surface area contributed by atoms with Crippen LogP contribution in [0, 0.1) is 6.92 Å². The summed E-state index contributed by atoms with van der Waals surface area (Å²) in [6.45, 7) is 7.34. The van der Waals surface area contributed by atoms with Gasteiger partial charge in [-0.05, 0) is 6.92 Å². The number of aromatic nitrogens is 4. The highest BCUT2D eigenvalue weighted by Crippen LogP contribution is 2.05. The second-order valence-corrected chi connectivity index (χ2v) is 3.99. The quantitative estimate of drug-likeness (QED) is 0.844. The van der Waals surface area contributed by atoms with Crippen molar-refractivity contribution in [2.75, 3.05) is 0 Å². The topological polar surface area (TPSA) is 47.7 Å². The first-order chi connectivity index (χ1) is 8.20. The Hall–Kier alpha value is -1.88. The zero-order valence-corrected chi connectivity index (χ0v) is 10.2. The fourth-order valence-electron chi connectivity index (χ4n) is 1.63. The van der Waals surface area contributed by atoms with Crippen LogP contribution in [0.5, 0.6) is 0 Å². The van der Waals surface area contributed by atoms with Crippen molar-refractivity contribution in [1.29, 1.82) is 0 Å². The molecule has 2 aromatic rings. The van der Waals surface area contributed by atoms with Crippen molar-refractivity contribution in [2.45, 2.75) is 20.0 Å². The molecule has 2 rings (SSSR count). The maximum atomic E-state index is 4.21. The molecule has 2 heterocycles. The lowest BCUT2D eigenvalue weighted by molar-refractivity contribution is 0.684. The van der Waals surface area contributed by atoms with Crippen LogP contribution in [0.1, 0.15) is 16.8 Å². The van der Waals surface area contributed by atoms with Gasteiger partial charge in [-0.15, -0.1) is 0 Å². The summed E-state index contributed by atoms with van der Waals surface area (Å²) < 4.78 is 3.58. The van der Waals surface area contributed by atoms with E-state index in [9.17, 15) is 0 Å². The van der Waals surface area contributed by atoms with E-state index in [0.29, 0.717) is 0 Å². The van der Waals surface area contributed by atoms with Crippen LogP contribution in [0.15, 0.2) is 25.2 Å². The van der Waals surface area contributed by atoms with Gasteiger partial charge in [0.1, 0.15) is 0 Å². The summed E-state index contributed by atoms with van der Waals surface area (Å²) in [5, 5.41) is 11.7. The Bertz CT molecular complexity index is 509. The second kappa shape index (κ2) is 4.97. The largest absolute Gasteiger partial charge is 0.308 e. The van der Waals surface area contributed by atoms with Gasteiger partial charge >= 0.3 is 0 Å². The summed E-state index contributed by atoms with van der Waals surface area (Å²) >= 11 is 0. The molecule has 90 valence electrons. The molecule has 0 aromatic carbocycles. The molecule has 1 N–H and O–H groups in total. The average Bonchev–Trinajstić information content (AvgIpc) is 2.90. The maximum absolute atomic E-state index is 4.21. The molecule has 0 saturated carbocycles. The highest BCUT2D eigenvalue weighted by Gasteiger charge is 2.03. The molecule has 0 spiro atoms. The molecule has 5 nitrogen and oxygen atoms in total. The second-order valence-electron chi connectivity index (χ2n) is 3.99. The standard InChI is InChI=1S/C12H17N5/c1-4-17-9-11(6-15-17)5-13-7-12-8-14-16(3)10(12)2/h4,6,8-9,13H,1,5,7H2,2-3H3. The Morgan fingerprint density at radius 1 is 1.35 bits per heavy atom. The lowest BCUT2D eigenvalue weighted by atomic mass is 10.2. The molecule has 17 heavy (non-hydrogen) atoms. The Morgan fingerprint density at radius 3 is 2.76 bits per heavy atom. The molecular weight excluding hydrogens is 214 g/mol. The first-order valence-corrected chi connectivity index (χ1v) is 5.54. The minimum atomic E-state index is 0.794. The molecular formula is C12H17N5. The van der Waals surface area contributed by atoms with Gasteiger partial charge in [0.05, 0.1) is 12.4 Å². The molecule has 0 amide bonds. The van der Waals surface area contributed by atoms with Gasteiger partial charge < -0.3 is 5.32 Å². The molecule has 0 aliphatic carbocycles. The summed E-state index contributed by atoms with van der Waals surface area (Å²) in [5.74, 6) is 0. The Kier molecular flexibility index (Phi) is 3.39. The number of nitrogens with one attached hydrogen (secondary N) is 1.